The van der Waals surface area contributed by atoms with E-state index in [1.807, 2.05) is 42.5 Å². The lowest BCUT2D eigenvalue weighted by Gasteiger charge is -2.41. The van der Waals surface area contributed by atoms with Gasteiger partial charge in [0, 0.05) is 63.9 Å². The fourth-order valence-corrected chi connectivity index (χ4v) is 15.4. The number of benzene rings is 4. The molecule has 0 spiro atoms. The van der Waals surface area contributed by atoms with Crippen molar-refractivity contribution in [2.45, 2.75) is 131 Å². The van der Waals surface area contributed by atoms with Gasteiger partial charge in [0.05, 0.1) is 14.7 Å². The van der Waals surface area contributed by atoms with Gasteiger partial charge in [-0.3, -0.25) is 0 Å². The normalized spacial score (nSPS) is 21.7. The zero-order valence-electron chi connectivity index (χ0n) is 44.3. The summed E-state index contributed by atoms with van der Waals surface area (Å²) in [7, 11) is -5.26. The van der Waals surface area contributed by atoms with Crippen LogP contribution in [-0.4, -0.2) is 145 Å². The molecule has 0 bridgehead atoms. The van der Waals surface area contributed by atoms with Crippen LogP contribution in [0.5, 0.6) is 0 Å². The molecule has 0 unspecified atom stereocenters. The van der Waals surface area contributed by atoms with Crippen molar-refractivity contribution < 1.29 is 25.3 Å². The van der Waals surface area contributed by atoms with Crippen LogP contribution >= 0.6 is 42.5 Å². The van der Waals surface area contributed by atoms with Crippen LogP contribution in [0.15, 0.2) is 127 Å². The van der Waals surface area contributed by atoms with E-state index in [4.69, 9.17) is 10.7 Å². The Bertz CT molecular complexity index is 2670. The first-order chi connectivity index (χ1) is 35.9. The molecule has 6 saturated heterocycles. The third-order valence-electron chi connectivity index (χ3n) is 16.3. The van der Waals surface area contributed by atoms with Gasteiger partial charge in [0.15, 0.2) is 0 Å². The van der Waals surface area contributed by atoms with Crippen LogP contribution in [0, 0.1) is 17.8 Å². The molecule has 0 radical (unpaired) electrons. The fourth-order valence-electron chi connectivity index (χ4n) is 11.2. The van der Waals surface area contributed by atoms with Gasteiger partial charge in [0.1, 0.15) is 0 Å². The van der Waals surface area contributed by atoms with Crippen molar-refractivity contribution in [2.24, 2.45) is 17.8 Å². The average Bonchev–Trinajstić information content (AvgIpc) is 3.43. The largest absolute Gasteiger partial charge is 0.317 e. The number of halogens is 3. The summed E-state index contributed by atoms with van der Waals surface area (Å²) in [6.45, 7) is 19.4. The SMILES string of the molecule is CC1CCN(C2CCN(S(=O)(=O)c3ccc(-c4ccccc4)cc3)CC2)CC1.CC1CCN(C2CCN(S(=O)(=O)c3ccc(Br)cc3)CC2)CC1.CC1CCN(C2CCNCC2)CC1.O=S(=O)(Cl)c1ccc(Br)cc1. The Morgan fingerprint density at radius 1 is 0.400 bits per heavy atom. The summed E-state index contributed by atoms with van der Waals surface area (Å²) >= 11 is 6.52. The lowest BCUT2D eigenvalue weighted by atomic mass is 9.95. The number of nitrogens with one attached hydrogen (secondary N) is 1. The molecule has 6 heterocycles. The molecule has 1 N–H and O–H groups in total. The molecule has 10 rings (SSSR count). The quantitative estimate of drug-likeness (QED) is 0.162. The van der Waals surface area contributed by atoms with E-state index < -0.39 is 29.1 Å². The summed E-state index contributed by atoms with van der Waals surface area (Å²) < 4.78 is 78.0. The summed E-state index contributed by atoms with van der Waals surface area (Å²) in [4.78, 5) is 8.79. The van der Waals surface area contributed by atoms with E-state index in [-0.39, 0.29) is 4.90 Å². The number of likely N-dealkylation sites (tertiary alicyclic amines) is 3. The molecular formula is C57H81Br2ClN6O6S3. The number of hydrogen-bond acceptors (Lipinski definition) is 10. The second-order valence-electron chi connectivity index (χ2n) is 21.6. The molecule has 6 aliphatic heterocycles. The summed E-state index contributed by atoms with van der Waals surface area (Å²) in [5, 5.41) is 3.44. The van der Waals surface area contributed by atoms with Crippen LogP contribution in [-0.2, 0) is 29.1 Å². The van der Waals surface area contributed by atoms with E-state index in [9.17, 15) is 25.3 Å². The van der Waals surface area contributed by atoms with Gasteiger partial charge in [-0.25, -0.2) is 25.3 Å². The predicted molar refractivity (Wildman–Crippen MR) is 313 cm³/mol. The van der Waals surface area contributed by atoms with Crippen molar-refractivity contribution >= 4 is 71.6 Å². The zero-order valence-corrected chi connectivity index (χ0v) is 50.7. The highest BCUT2D eigenvalue weighted by Gasteiger charge is 2.34. The Kier molecular flexibility index (Phi) is 23.1. The van der Waals surface area contributed by atoms with Crippen molar-refractivity contribution in [1.82, 2.24) is 28.6 Å². The van der Waals surface area contributed by atoms with E-state index in [0.29, 0.717) is 48.1 Å². The minimum absolute atomic E-state index is 0.113. The zero-order chi connectivity index (χ0) is 53.6. The van der Waals surface area contributed by atoms with Crippen molar-refractivity contribution in [1.29, 1.82) is 0 Å². The van der Waals surface area contributed by atoms with E-state index >= 15 is 0 Å². The Balaban J connectivity index is 0.000000156. The van der Waals surface area contributed by atoms with Crippen LogP contribution in [0.3, 0.4) is 0 Å². The lowest BCUT2D eigenvalue weighted by Crippen LogP contribution is -2.48. The maximum Gasteiger partial charge on any atom is 0.261 e. The van der Waals surface area contributed by atoms with Crippen molar-refractivity contribution in [3.63, 3.8) is 0 Å². The van der Waals surface area contributed by atoms with Crippen LogP contribution in [0.1, 0.15) is 97.8 Å². The maximum absolute atomic E-state index is 13.1. The maximum atomic E-state index is 13.1. The van der Waals surface area contributed by atoms with Gasteiger partial charge < -0.3 is 20.0 Å². The number of rotatable bonds is 9. The van der Waals surface area contributed by atoms with Crippen LogP contribution in [0.25, 0.3) is 11.1 Å². The second-order valence-corrected chi connectivity index (χ2v) is 29.9. The fraction of sp³-hybridized carbons (Fsp3) is 0.579. The molecule has 6 aliphatic rings. The Hall–Kier alpha value is -2.26. The molecule has 4 aromatic carbocycles. The number of piperidine rings is 6. The van der Waals surface area contributed by atoms with Crippen LogP contribution < -0.4 is 5.32 Å². The molecule has 0 aromatic heterocycles. The standard InChI is InChI=1S/C23H30N2O2S.C17H25BrN2O2S.C11H22N2.C6H4BrClO2S/c1-19-11-15-24(16-12-19)22-13-17-25(18-14-22)28(26,27)23-9-7-21(8-10-23)20-5-3-2-4-6-20;1-14-6-10-19(11-7-14)16-8-12-20(13-9-16)23(21,22)17-4-2-15(18)3-5-17;1-10-4-8-13(9-5-10)11-2-6-12-7-3-11;7-5-1-3-6(4-2-5)11(8,9)10/h2-10,19,22H,11-18H2,1H3;2-5,14,16H,6-13H2,1H3;10-12H,2-9H2,1H3;1-4H. The second kappa shape index (κ2) is 28.8. The topological polar surface area (TPSA) is 131 Å². The summed E-state index contributed by atoms with van der Waals surface area (Å²) in [5.74, 6) is 2.64. The first-order valence-corrected chi connectivity index (χ1v) is 34.2. The van der Waals surface area contributed by atoms with Gasteiger partial charge >= 0.3 is 0 Å². The van der Waals surface area contributed by atoms with Crippen molar-refractivity contribution in [2.75, 3.05) is 78.5 Å². The Morgan fingerprint density at radius 3 is 1.05 bits per heavy atom. The third kappa shape index (κ3) is 17.9. The van der Waals surface area contributed by atoms with Gasteiger partial charge in [-0.15, -0.1) is 0 Å². The third-order valence-corrected chi connectivity index (χ3v) is 22.6. The highest BCUT2D eigenvalue weighted by atomic mass is 79.9. The van der Waals surface area contributed by atoms with Crippen LogP contribution in [0.2, 0.25) is 0 Å². The molecule has 0 saturated carbocycles. The molecule has 0 amide bonds. The van der Waals surface area contributed by atoms with Gasteiger partial charge in [0.25, 0.3) is 9.05 Å². The Morgan fingerprint density at radius 2 is 0.707 bits per heavy atom. The first kappa shape index (κ1) is 60.4. The molecule has 4 aromatic rings. The lowest BCUT2D eigenvalue weighted by molar-refractivity contribution is 0.101. The van der Waals surface area contributed by atoms with E-state index in [0.717, 1.165) is 69.6 Å². The Labute approximate surface area is 472 Å². The molecule has 75 heavy (non-hydrogen) atoms. The van der Waals surface area contributed by atoms with Gasteiger partial charge in [0.2, 0.25) is 20.0 Å². The van der Waals surface area contributed by atoms with E-state index in [1.165, 1.54) is 116 Å². The molecule has 0 aliphatic carbocycles. The first-order valence-electron chi connectivity index (χ1n) is 27.4. The summed E-state index contributed by atoms with van der Waals surface area (Å²) in [6.07, 6.45) is 14.4. The molecule has 0 atom stereocenters. The highest BCUT2D eigenvalue weighted by molar-refractivity contribution is 9.10. The van der Waals surface area contributed by atoms with E-state index in [1.54, 1.807) is 57.1 Å². The smallest absolute Gasteiger partial charge is 0.261 e. The van der Waals surface area contributed by atoms with E-state index in [2.05, 4.69) is 72.6 Å². The molecular weight excluding hydrogens is 1160 g/mol. The summed E-state index contributed by atoms with van der Waals surface area (Å²) in [5.41, 5.74) is 2.14. The van der Waals surface area contributed by atoms with Crippen LogP contribution in [0.4, 0.5) is 0 Å². The summed E-state index contributed by atoms with van der Waals surface area (Å²) in [6, 6.07) is 32.4. The van der Waals surface area contributed by atoms with Gasteiger partial charge in [-0.05, 0) is 219 Å². The number of nitrogens with zero attached hydrogens (tertiary/aromatic N) is 5. The number of hydrogen-bond donors (Lipinski definition) is 1. The van der Waals surface area contributed by atoms with Gasteiger partial charge in [-0.2, -0.15) is 8.61 Å². The highest BCUT2D eigenvalue weighted by Crippen LogP contribution is 2.30. The average molecular weight is 1240 g/mol. The van der Waals surface area contributed by atoms with Crippen molar-refractivity contribution in [3.05, 3.63) is 112 Å². The molecule has 6 fully saturated rings. The molecule has 12 nitrogen and oxygen atoms in total. The monoisotopic (exact) mass is 1230 g/mol. The van der Waals surface area contributed by atoms with Gasteiger partial charge in [-0.1, -0.05) is 95.1 Å². The van der Waals surface area contributed by atoms with Crippen molar-refractivity contribution in [3.8, 4) is 11.1 Å². The molecule has 18 heteroatoms. The number of sulfonamides is 2. The minimum Gasteiger partial charge on any atom is -0.317 e. The minimum atomic E-state index is -3.57. The predicted octanol–water partition coefficient (Wildman–Crippen LogP) is 11.4. The molecule has 414 valence electrons.